The number of fused-ring (bicyclic) bond motifs is 1. The van der Waals surface area contributed by atoms with Crippen LogP contribution < -0.4 is 20.7 Å². The van der Waals surface area contributed by atoms with E-state index < -0.39 is 22.5 Å². The predicted octanol–water partition coefficient (Wildman–Crippen LogP) is 3.26. The van der Waals surface area contributed by atoms with E-state index in [-0.39, 0.29) is 11.7 Å². The number of sulfonamides is 1. The molecule has 0 spiro atoms. The second kappa shape index (κ2) is 9.40. The highest BCUT2D eigenvalue weighted by molar-refractivity contribution is 7.92. The minimum atomic E-state index is -3.69. The van der Waals surface area contributed by atoms with Gasteiger partial charge in [-0.3, -0.25) is 13.9 Å². The molecule has 34 heavy (non-hydrogen) atoms. The van der Waals surface area contributed by atoms with Crippen molar-refractivity contribution in [2.75, 3.05) is 27.2 Å². The van der Waals surface area contributed by atoms with Gasteiger partial charge >= 0.3 is 0 Å². The summed E-state index contributed by atoms with van der Waals surface area (Å²) in [5.74, 6) is -1.13. The van der Waals surface area contributed by atoms with Gasteiger partial charge in [0, 0.05) is 16.9 Å². The third kappa shape index (κ3) is 4.65. The highest BCUT2D eigenvalue weighted by atomic mass is 32.2. The summed E-state index contributed by atoms with van der Waals surface area (Å²) in [5, 5.41) is 6.22. The number of benzene rings is 3. The lowest BCUT2D eigenvalue weighted by molar-refractivity contribution is -0.116. The lowest BCUT2D eigenvalue weighted by Crippen LogP contribution is -2.39. The Morgan fingerprint density at radius 2 is 1.62 bits per heavy atom. The summed E-state index contributed by atoms with van der Waals surface area (Å²) in [5.41, 5.74) is 9.69. The van der Waals surface area contributed by atoms with Crippen LogP contribution in [-0.2, 0) is 19.6 Å². The molecule has 1 aliphatic heterocycles. The predicted molar refractivity (Wildman–Crippen MR) is 134 cm³/mol. The number of carbonyl (C=O) groups excluding carboxylic acids is 2. The molecule has 0 atom stereocenters. The quantitative estimate of drug-likeness (QED) is 0.431. The number of nitrogens with zero attached hydrogens (tertiary/aromatic N) is 1. The number of rotatable bonds is 8. The molecule has 4 N–H and O–H groups in total. The van der Waals surface area contributed by atoms with Gasteiger partial charge in [0.15, 0.2) is 0 Å². The van der Waals surface area contributed by atoms with Crippen LogP contribution in [0.25, 0.3) is 11.3 Å². The maximum absolute atomic E-state index is 12.9. The van der Waals surface area contributed by atoms with Crippen molar-refractivity contribution < 1.29 is 18.0 Å². The van der Waals surface area contributed by atoms with Crippen molar-refractivity contribution in [1.82, 2.24) is 0 Å². The molecule has 1 heterocycles. The van der Waals surface area contributed by atoms with E-state index in [4.69, 9.17) is 5.73 Å². The van der Waals surface area contributed by atoms with Crippen molar-refractivity contribution in [2.24, 2.45) is 5.73 Å². The molecule has 3 aromatic rings. The molecule has 4 rings (SSSR count). The Kier molecular flexibility index (Phi) is 6.38. The van der Waals surface area contributed by atoms with Gasteiger partial charge in [-0.2, -0.15) is 0 Å². The monoisotopic (exact) mass is 476 g/mol. The maximum atomic E-state index is 12.9. The van der Waals surface area contributed by atoms with Crippen LogP contribution in [0.1, 0.15) is 18.1 Å². The molecule has 0 bridgehead atoms. The number of para-hydroxylation sites is 1. The van der Waals surface area contributed by atoms with Gasteiger partial charge in [0.05, 0.1) is 22.7 Å². The van der Waals surface area contributed by atoms with Gasteiger partial charge in [0.25, 0.3) is 5.91 Å². The Labute approximate surface area is 198 Å². The molecule has 0 unspecified atom stereocenters. The number of nitrogens with one attached hydrogen (secondary N) is 2. The standard InChI is InChI=1S/C25H24N4O4S/c1-2-34(32,33)29(16-22(26)30)19-14-12-18(13-15-19)27-24(17-8-4-3-5-9-17)23-20-10-6-7-11-21(20)28-25(23)31/h3-15,27H,2,16H2,1H3,(H2,26,30)(H,28,31). The van der Waals surface area contributed by atoms with Crippen molar-refractivity contribution in [3.63, 3.8) is 0 Å². The van der Waals surface area contributed by atoms with Gasteiger partial charge in [-0.1, -0.05) is 48.5 Å². The third-order valence-corrected chi connectivity index (χ3v) is 7.15. The first-order chi connectivity index (χ1) is 16.3. The van der Waals surface area contributed by atoms with E-state index in [1.54, 1.807) is 24.3 Å². The molecule has 0 saturated carbocycles. The maximum Gasteiger partial charge on any atom is 0.258 e. The second-order valence-electron chi connectivity index (χ2n) is 7.66. The van der Waals surface area contributed by atoms with E-state index in [1.807, 2.05) is 54.6 Å². The van der Waals surface area contributed by atoms with Crippen LogP contribution in [0, 0.1) is 0 Å². The molecule has 1 aliphatic rings. The number of anilines is 3. The van der Waals surface area contributed by atoms with Crippen LogP contribution in [-0.4, -0.2) is 32.5 Å². The molecule has 8 nitrogen and oxygen atoms in total. The van der Waals surface area contributed by atoms with E-state index >= 15 is 0 Å². The van der Waals surface area contributed by atoms with Crippen LogP contribution in [0.3, 0.4) is 0 Å². The molecule has 2 amide bonds. The van der Waals surface area contributed by atoms with Gasteiger partial charge in [-0.15, -0.1) is 0 Å². The van der Waals surface area contributed by atoms with E-state index in [9.17, 15) is 18.0 Å². The van der Waals surface area contributed by atoms with Crippen LogP contribution >= 0.6 is 0 Å². The number of amides is 2. The zero-order chi connectivity index (χ0) is 24.3. The number of hydrogen-bond donors (Lipinski definition) is 3. The van der Waals surface area contributed by atoms with Crippen molar-refractivity contribution in [3.05, 3.63) is 90.0 Å². The minimum Gasteiger partial charge on any atom is -0.368 e. The van der Waals surface area contributed by atoms with E-state index in [0.717, 1.165) is 21.1 Å². The average Bonchev–Trinajstić information content (AvgIpc) is 3.17. The summed E-state index contributed by atoms with van der Waals surface area (Å²) in [6.07, 6.45) is 0. The lowest BCUT2D eigenvalue weighted by atomic mass is 10.00. The topological polar surface area (TPSA) is 122 Å². The molecule has 3 aromatic carbocycles. The summed E-state index contributed by atoms with van der Waals surface area (Å²) in [6, 6.07) is 23.5. The first kappa shape index (κ1) is 23.1. The fourth-order valence-corrected chi connectivity index (χ4v) is 4.83. The van der Waals surface area contributed by atoms with Crippen molar-refractivity contribution in [3.8, 4) is 0 Å². The zero-order valence-electron chi connectivity index (χ0n) is 18.5. The fourth-order valence-electron chi connectivity index (χ4n) is 3.75. The SMILES string of the molecule is CCS(=O)(=O)N(CC(N)=O)c1ccc(NC(=C2C(=O)Nc3ccccc32)c2ccccc2)cc1. The Hall–Kier alpha value is -4.11. The zero-order valence-corrected chi connectivity index (χ0v) is 19.3. The molecule has 0 aromatic heterocycles. The van der Waals surface area contributed by atoms with Gasteiger partial charge in [-0.25, -0.2) is 8.42 Å². The van der Waals surface area contributed by atoms with Crippen LogP contribution in [0.4, 0.5) is 17.1 Å². The second-order valence-corrected chi connectivity index (χ2v) is 9.84. The fraction of sp³-hybridized carbons (Fsp3) is 0.120. The van der Waals surface area contributed by atoms with Gasteiger partial charge in [-0.05, 0) is 42.8 Å². The van der Waals surface area contributed by atoms with Crippen molar-refractivity contribution >= 4 is 50.2 Å². The normalized spacial score (nSPS) is 14.2. The largest absolute Gasteiger partial charge is 0.368 e. The van der Waals surface area contributed by atoms with E-state index in [1.165, 1.54) is 6.92 Å². The molecular weight excluding hydrogens is 452 g/mol. The van der Waals surface area contributed by atoms with Crippen LogP contribution in [0.15, 0.2) is 78.9 Å². The van der Waals surface area contributed by atoms with Crippen molar-refractivity contribution in [2.45, 2.75) is 6.92 Å². The van der Waals surface area contributed by atoms with Gasteiger partial charge in [0.1, 0.15) is 6.54 Å². The Morgan fingerprint density at radius 3 is 2.26 bits per heavy atom. The first-order valence-electron chi connectivity index (χ1n) is 10.7. The first-order valence-corrected chi connectivity index (χ1v) is 12.3. The third-order valence-electron chi connectivity index (χ3n) is 5.41. The van der Waals surface area contributed by atoms with Gasteiger partial charge in [0.2, 0.25) is 15.9 Å². The number of carbonyl (C=O) groups is 2. The van der Waals surface area contributed by atoms with E-state index in [2.05, 4.69) is 10.6 Å². The molecule has 0 aliphatic carbocycles. The van der Waals surface area contributed by atoms with Crippen LogP contribution in [0.5, 0.6) is 0 Å². The molecule has 0 radical (unpaired) electrons. The summed E-state index contributed by atoms with van der Waals surface area (Å²) < 4.78 is 25.9. The minimum absolute atomic E-state index is 0.168. The Morgan fingerprint density at radius 1 is 0.971 bits per heavy atom. The summed E-state index contributed by atoms with van der Waals surface area (Å²) in [6.45, 7) is 1.06. The highest BCUT2D eigenvalue weighted by Gasteiger charge is 2.28. The smallest absolute Gasteiger partial charge is 0.258 e. The molecule has 0 fully saturated rings. The summed E-state index contributed by atoms with van der Waals surface area (Å²) in [4.78, 5) is 24.4. The average molecular weight is 477 g/mol. The summed E-state index contributed by atoms with van der Waals surface area (Å²) in [7, 11) is -3.69. The molecule has 174 valence electrons. The van der Waals surface area contributed by atoms with Crippen LogP contribution in [0.2, 0.25) is 0 Å². The number of primary amides is 1. The van der Waals surface area contributed by atoms with E-state index in [0.29, 0.717) is 22.6 Å². The number of hydrogen-bond acceptors (Lipinski definition) is 5. The number of nitrogens with two attached hydrogens (primary N) is 1. The molecular formula is C25H24N4O4S. The highest BCUT2D eigenvalue weighted by Crippen LogP contribution is 2.37. The van der Waals surface area contributed by atoms with Crippen molar-refractivity contribution in [1.29, 1.82) is 0 Å². The molecule has 9 heteroatoms. The van der Waals surface area contributed by atoms with Gasteiger partial charge < -0.3 is 16.4 Å². The lowest BCUT2D eigenvalue weighted by Gasteiger charge is -2.23. The summed E-state index contributed by atoms with van der Waals surface area (Å²) >= 11 is 0. The molecule has 0 saturated heterocycles. The Bertz CT molecular complexity index is 1370. The Balaban J connectivity index is 1.74.